The zero-order valence-electron chi connectivity index (χ0n) is 29.8. The summed E-state index contributed by atoms with van der Waals surface area (Å²) in [7, 11) is 0. The highest BCUT2D eigenvalue weighted by molar-refractivity contribution is 6.03. The first-order chi connectivity index (χ1) is 26.2. The number of imide groups is 1. The molecule has 0 bridgehead atoms. The van der Waals surface area contributed by atoms with Crippen molar-refractivity contribution in [2.24, 2.45) is 5.92 Å². The van der Waals surface area contributed by atoms with Gasteiger partial charge in [0.2, 0.25) is 5.91 Å². The maximum atomic E-state index is 16.1. The molecule has 2 N–H and O–H groups in total. The van der Waals surface area contributed by atoms with Gasteiger partial charge in [0.15, 0.2) is 5.69 Å². The van der Waals surface area contributed by atoms with Crippen LogP contribution in [0, 0.1) is 12.8 Å². The summed E-state index contributed by atoms with van der Waals surface area (Å²) in [6.45, 7) is 2.52. The standard InChI is InChI=1S/C38H38F5N9O3/c1-21-34-26(3-2-4-30(34)52(48-21)31-11-12-33(53)47-36(31)55)27-13-14-50(20-37(27,39)40)18-22-5-8-25(9-6-22)51-19-23-15-24(7-10-28(23)49-51)45-35(54)29-16-44-17-32(46-29)38(41,42)43/h2-4,7,10,15-17,19,22,25,27,31H,5-6,8-9,11-14,18,20H2,1H3,(H,45,54)(H,47,53,55)/t22?,25?,27-,31?/m1/s1. The third kappa shape index (κ3) is 7.28. The van der Waals surface area contributed by atoms with Gasteiger partial charge in [-0.3, -0.25) is 38.9 Å². The van der Waals surface area contributed by atoms with Crippen molar-refractivity contribution in [2.75, 3.05) is 25.0 Å². The molecule has 2 saturated heterocycles. The number of nitrogens with one attached hydrogen (secondary N) is 2. The Hall–Kier alpha value is -5.32. The van der Waals surface area contributed by atoms with Gasteiger partial charge in [0.1, 0.15) is 11.7 Å². The van der Waals surface area contributed by atoms with E-state index in [4.69, 9.17) is 5.10 Å². The first kappa shape index (κ1) is 36.6. The normalized spacial score (nSPS) is 23.6. The number of carbonyl (C=O) groups excluding carboxylic acids is 3. The molecule has 1 unspecified atom stereocenters. The Bertz CT molecular complexity index is 2300. The molecule has 288 valence electrons. The number of hydrogen-bond acceptors (Lipinski definition) is 8. The number of carbonyl (C=O) groups is 3. The molecule has 3 amide bonds. The number of fused-ring (bicyclic) bond motifs is 2. The predicted molar refractivity (Wildman–Crippen MR) is 190 cm³/mol. The second-order valence-electron chi connectivity index (χ2n) is 14.9. The van der Waals surface area contributed by atoms with Gasteiger partial charge in [0.05, 0.1) is 47.6 Å². The Kier molecular flexibility index (Phi) is 9.38. The van der Waals surface area contributed by atoms with Crippen LogP contribution in [0.2, 0.25) is 0 Å². The lowest BCUT2D eigenvalue weighted by Crippen LogP contribution is -2.49. The second kappa shape index (κ2) is 14.1. The van der Waals surface area contributed by atoms with Crippen LogP contribution in [-0.4, -0.2) is 77.7 Å². The van der Waals surface area contributed by atoms with Crippen molar-refractivity contribution in [3.63, 3.8) is 0 Å². The van der Waals surface area contributed by atoms with E-state index in [1.165, 1.54) is 0 Å². The maximum Gasteiger partial charge on any atom is 0.434 e. The number of hydrogen-bond donors (Lipinski definition) is 2. The number of benzene rings is 2. The van der Waals surface area contributed by atoms with Crippen molar-refractivity contribution in [3.05, 3.63) is 77.6 Å². The van der Waals surface area contributed by atoms with Crippen LogP contribution in [0.25, 0.3) is 21.8 Å². The highest BCUT2D eigenvalue weighted by atomic mass is 19.4. The van der Waals surface area contributed by atoms with Gasteiger partial charge in [-0.1, -0.05) is 12.1 Å². The summed E-state index contributed by atoms with van der Waals surface area (Å²) in [5.74, 6) is -5.32. The molecule has 17 heteroatoms. The predicted octanol–water partition coefficient (Wildman–Crippen LogP) is 6.59. The van der Waals surface area contributed by atoms with Gasteiger partial charge in [0.25, 0.3) is 17.7 Å². The smallest absolute Gasteiger partial charge is 0.321 e. The molecule has 3 aromatic heterocycles. The minimum Gasteiger partial charge on any atom is -0.321 e. The van der Waals surface area contributed by atoms with Crippen molar-refractivity contribution in [1.29, 1.82) is 0 Å². The Labute approximate surface area is 311 Å². The van der Waals surface area contributed by atoms with E-state index in [2.05, 4.69) is 25.7 Å². The van der Waals surface area contributed by atoms with Crippen molar-refractivity contribution >= 4 is 45.2 Å². The molecule has 3 fully saturated rings. The van der Waals surface area contributed by atoms with Crippen molar-refractivity contribution < 1.29 is 36.3 Å². The molecular weight excluding hydrogens is 725 g/mol. The lowest BCUT2D eigenvalue weighted by atomic mass is 9.82. The molecule has 1 saturated carbocycles. The van der Waals surface area contributed by atoms with Crippen LogP contribution in [0.5, 0.6) is 0 Å². The zero-order chi connectivity index (χ0) is 38.6. The van der Waals surface area contributed by atoms with Gasteiger partial charge >= 0.3 is 6.18 Å². The summed E-state index contributed by atoms with van der Waals surface area (Å²) < 4.78 is 74.7. The Morgan fingerprint density at radius 1 is 1.02 bits per heavy atom. The van der Waals surface area contributed by atoms with E-state index in [1.807, 2.05) is 15.8 Å². The van der Waals surface area contributed by atoms with Crippen molar-refractivity contribution in [3.8, 4) is 0 Å². The van der Waals surface area contributed by atoms with E-state index >= 15 is 8.78 Å². The molecule has 55 heavy (non-hydrogen) atoms. The molecule has 1 aliphatic carbocycles. The topological polar surface area (TPSA) is 140 Å². The SMILES string of the molecule is Cc1nn(C2CCC(=O)NC2=O)c2cccc([C@H]3CCN(CC4CCC(n5cc6cc(NC(=O)c7cncc(C(F)(F)F)n7)ccc6n5)CC4)CC3(F)F)c12. The maximum absolute atomic E-state index is 16.1. The number of amides is 3. The van der Waals surface area contributed by atoms with Gasteiger partial charge in [-0.05, 0) is 87.7 Å². The number of piperidine rings is 2. The number of anilines is 1. The number of nitrogens with zero attached hydrogens (tertiary/aromatic N) is 7. The van der Waals surface area contributed by atoms with Crippen molar-refractivity contribution in [1.82, 2.24) is 39.7 Å². The van der Waals surface area contributed by atoms with E-state index in [-0.39, 0.29) is 37.3 Å². The monoisotopic (exact) mass is 763 g/mol. The lowest BCUT2D eigenvalue weighted by molar-refractivity contribution is -0.141. The number of aromatic nitrogens is 6. The summed E-state index contributed by atoms with van der Waals surface area (Å²) in [4.78, 5) is 45.7. The van der Waals surface area contributed by atoms with Gasteiger partial charge in [0, 0.05) is 35.6 Å². The molecule has 2 aromatic carbocycles. The van der Waals surface area contributed by atoms with E-state index in [0.29, 0.717) is 59.1 Å². The summed E-state index contributed by atoms with van der Waals surface area (Å²) in [5.41, 5.74) is 1.07. The largest absolute Gasteiger partial charge is 0.434 e. The third-order valence-corrected chi connectivity index (χ3v) is 11.1. The summed E-state index contributed by atoms with van der Waals surface area (Å²) >= 11 is 0. The zero-order valence-corrected chi connectivity index (χ0v) is 29.8. The minimum absolute atomic E-state index is 0.110. The highest BCUT2D eigenvalue weighted by Crippen LogP contribution is 2.45. The number of halogens is 5. The summed E-state index contributed by atoms with van der Waals surface area (Å²) in [6.07, 6.45) is 2.79. The van der Waals surface area contributed by atoms with E-state index in [1.54, 1.807) is 48.0 Å². The van der Waals surface area contributed by atoms with Crippen LogP contribution < -0.4 is 10.6 Å². The van der Waals surface area contributed by atoms with E-state index in [0.717, 1.165) is 37.3 Å². The van der Waals surface area contributed by atoms with Gasteiger partial charge in [-0.25, -0.2) is 13.8 Å². The lowest BCUT2D eigenvalue weighted by Gasteiger charge is -2.41. The fraction of sp³-hybridized carbons (Fsp3) is 0.447. The quantitative estimate of drug-likeness (QED) is 0.140. The van der Waals surface area contributed by atoms with Crippen LogP contribution in [0.4, 0.5) is 27.6 Å². The van der Waals surface area contributed by atoms with Gasteiger partial charge in [-0.15, -0.1) is 0 Å². The molecule has 0 radical (unpaired) electrons. The number of aryl methyl sites for hydroxylation is 1. The van der Waals surface area contributed by atoms with E-state index in [9.17, 15) is 27.6 Å². The van der Waals surface area contributed by atoms with Gasteiger partial charge in [-0.2, -0.15) is 23.4 Å². The molecule has 5 heterocycles. The third-order valence-electron chi connectivity index (χ3n) is 11.1. The second-order valence-corrected chi connectivity index (χ2v) is 14.9. The molecule has 5 aromatic rings. The number of likely N-dealkylation sites (tertiary alicyclic amines) is 1. The Morgan fingerprint density at radius 2 is 1.82 bits per heavy atom. The molecule has 0 spiro atoms. The van der Waals surface area contributed by atoms with Crippen LogP contribution in [0.15, 0.2) is 55.0 Å². The Morgan fingerprint density at radius 3 is 2.56 bits per heavy atom. The van der Waals surface area contributed by atoms with Crippen LogP contribution >= 0.6 is 0 Å². The molecule has 3 aliphatic rings. The fourth-order valence-corrected chi connectivity index (χ4v) is 8.47. The average molecular weight is 764 g/mol. The van der Waals surface area contributed by atoms with Crippen LogP contribution in [0.3, 0.4) is 0 Å². The van der Waals surface area contributed by atoms with Gasteiger partial charge < -0.3 is 5.32 Å². The molecule has 2 aliphatic heterocycles. The van der Waals surface area contributed by atoms with E-state index < -0.39 is 47.3 Å². The average Bonchev–Trinajstić information content (AvgIpc) is 3.72. The summed E-state index contributed by atoms with van der Waals surface area (Å²) in [5, 5.41) is 15.6. The molecule has 2 atom stereocenters. The number of alkyl halides is 5. The van der Waals surface area contributed by atoms with Crippen LogP contribution in [-0.2, 0) is 15.8 Å². The highest BCUT2D eigenvalue weighted by Gasteiger charge is 2.47. The first-order valence-corrected chi connectivity index (χ1v) is 18.3. The Balaban J connectivity index is 0.878. The minimum atomic E-state index is -4.73. The summed E-state index contributed by atoms with van der Waals surface area (Å²) in [6, 6.07) is 9.73. The molecule has 12 nitrogen and oxygen atoms in total. The van der Waals surface area contributed by atoms with Crippen LogP contribution in [0.1, 0.15) is 90.4 Å². The molecule has 8 rings (SSSR count). The number of rotatable bonds is 7. The fourth-order valence-electron chi connectivity index (χ4n) is 8.47. The first-order valence-electron chi connectivity index (χ1n) is 18.3. The molecular formula is C38H38F5N9O3. The van der Waals surface area contributed by atoms with Crippen molar-refractivity contribution in [2.45, 2.75) is 82.0 Å².